The monoisotopic (exact) mass is 387 g/mol. The number of nitrogens with one attached hydrogen (secondary N) is 2. The molecule has 26 heavy (non-hydrogen) atoms. The van der Waals surface area contributed by atoms with Gasteiger partial charge in [0.05, 0.1) is 21.3 Å². The first-order chi connectivity index (χ1) is 12.2. The summed E-state index contributed by atoms with van der Waals surface area (Å²) in [5.74, 6) is -0.519. The number of aromatic nitrogens is 1. The van der Waals surface area contributed by atoms with Crippen molar-refractivity contribution in [2.45, 2.75) is 45.0 Å². The van der Waals surface area contributed by atoms with Gasteiger partial charge in [0.1, 0.15) is 6.10 Å². The minimum Gasteiger partial charge on any atom is -0.474 e. The van der Waals surface area contributed by atoms with E-state index in [9.17, 15) is 18.0 Å². The van der Waals surface area contributed by atoms with Gasteiger partial charge in [0.15, 0.2) is 0 Å². The van der Waals surface area contributed by atoms with E-state index in [1.165, 1.54) is 19.4 Å². The molecule has 3 rings (SSSR count). The fourth-order valence-electron chi connectivity index (χ4n) is 3.21. The second-order valence-electron chi connectivity index (χ2n) is 6.44. The van der Waals surface area contributed by atoms with E-state index in [1.54, 1.807) is 0 Å². The second kappa shape index (κ2) is 7.03. The first kappa shape index (κ1) is 18.9. The van der Waals surface area contributed by atoms with Crippen molar-refractivity contribution in [2.24, 2.45) is 0 Å². The van der Waals surface area contributed by atoms with Crippen LogP contribution in [0.15, 0.2) is 5.38 Å². The minimum absolute atomic E-state index is 0.0317. The van der Waals surface area contributed by atoms with Crippen molar-refractivity contribution >= 4 is 27.5 Å². The average molecular weight is 387 g/mol. The fraction of sp³-hybridized carbons (Fsp3) is 0.529. The molecule has 0 saturated carbocycles. The Labute approximate surface area is 152 Å². The SMILES string of the molecule is CNC(=O)c1csc2c(C(F)(F)F)c(C)c(O[C@@H]3CCN[C@H](C)C3)nc12. The molecule has 3 heterocycles. The molecule has 9 heteroatoms. The highest BCUT2D eigenvalue weighted by Crippen LogP contribution is 2.43. The number of fused-ring (bicyclic) bond motifs is 1. The molecule has 0 aromatic carbocycles. The highest BCUT2D eigenvalue weighted by atomic mass is 32.1. The Bertz CT molecular complexity index is 835. The van der Waals surface area contributed by atoms with E-state index >= 15 is 0 Å². The van der Waals surface area contributed by atoms with Gasteiger partial charge in [-0.25, -0.2) is 4.98 Å². The summed E-state index contributed by atoms with van der Waals surface area (Å²) in [6.07, 6.45) is -3.39. The molecule has 5 nitrogen and oxygen atoms in total. The largest absolute Gasteiger partial charge is 0.474 e. The molecule has 2 N–H and O–H groups in total. The predicted octanol–water partition coefficient (Wildman–Crippen LogP) is 3.50. The van der Waals surface area contributed by atoms with Crippen LogP contribution in [0.5, 0.6) is 5.88 Å². The van der Waals surface area contributed by atoms with Crippen molar-refractivity contribution in [3.63, 3.8) is 0 Å². The van der Waals surface area contributed by atoms with Crippen LogP contribution in [0.1, 0.15) is 41.3 Å². The van der Waals surface area contributed by atoms with E-state index in [4.69, 9.17) is 4.74 Å². The number of thiophene rings is 1. The lowest BCUT2D eigenvalue weighted by atomic mass is 10.0. The lowest BCUT2D eigenvalue weighted by molar-refractivity contribution is -0.136. The zero-order valence-electron chi connectivity index (χ0n) is 14.7. The summed E-state index contributed by atoms with van der Waals surface area (Å²) in [4.78, 5) is 16.3. The summed E-state index contributed by atoms with van der Waals surface area (Å²) < 4.78 is 46.9. The number of ether oxygens (including phenoxy) is 1. The zero-order valence-corrected chi connectivity index (χ0v) is 15.5. The number of carbonyl (C=O) groups excluding carboxylic acids is 1. The van der Waals surface area contributed by atoms with Crippen LogP contribution >= 0.6 is 11.3 Å². The van der Waals surface area contributed by atoms with E-state index in [0.29, 0.717) is 12.8 Å². The molecule has 2 atom stereocenters. The quantitative estimate of drug-likeness (QED) is 0.846. The van der Waals surface area contributed by atoms with Gasteiger partial charge in [-0.15, -0.1) is 11.3 Å². The number of amides is 1. The molecule has 142 valence electrons. The number of carbonyl (C=O) groups is 1. The number of pyridine rings is 1. The summed E-state index contributed by atoms with van der Waals surface area (Å²) in [6.45, 7) is 4.11. The third-order valence-corrected chi connectivity index (χ3v) is 5.50. The molecule has 0 aliphatic carbocycles. The molecule has 2 aromatic rings. The maximum absolute atomic E-state index is 13.7. The summed E-state index contributed by atoms with van der Waals surface area (Å²) in [7, 11) is 1.43. The van der Waals surface area contributed by atoms with E-state index in [2.05, 4.69) is 15.6 Å². The highest BCUT2D eigenvalue weighted by Gasteiger charge is 2.38. The van der Waals surface area contributed by atoms with Crippen molar-refractivity contribution < 1.29 is 22.7 Å². The van der Waals surface area contributed by atoms with Gasteiger partial charge in [0.25, 0.3) is 5.91 Å². The highest BCUT2D eigenvalue weighted by molar-refractivity contribution is 7.17. The van der Waals surface area contributed by atoms with Crippen LogP contribution in [-0.2, 0) is 6.18 Å². The third-order valence-electron chi connectivity index (χ3n) is 4.51. The van der Waals surface area contributed by atoms with Gasteiger partial charge in [0, 0.05) is 24.0 Å². The summed E-state index contributed by atoms with van der Waals surface area (Å²) in [5, 5.41) is 7.11. The van der Waals surface area contributed by atoms with E-state index in [1.807, 2.05) is 6.92 Å². The van der Waals surface area contributed by atoms with Crippen LogP contribution in [0.3, 0.4) is 0 Å². The molecule has 1 fully saturated rings. The van der Waals surface area contributed by atoms with Crippen molar-refractivity contribution in [1.82, 2.24) is 15.6 Å². The van der Waals surface area contributed by atoms with Crippen LogP contribution in [0.4, 0.5) is 13.2 Å². The van der Waals surface area contributed by atoms with Crippen LogP contribution in [-0.4, -0.2) is 36.6 Å². The van der Waals surface area contributed by atoms with Crippen molar-refractivity contribution in [1.29, 1.82) is 0 Å². The molecule has 0 radical (unpaired) electrons. The van der Waals surface area contributed by atoms with Gasteiger partial charge in [-0.05, 0) is 33.2 Å². The van der Waals surface area contributed by atoms with E-state index in [-0.39, 0.29) is 39.4 Å². The van der Waals surface area contributed by atoms with Gasteiger partial charge >= 0.3 is 6.18 Å². The molecule has 2 aromatic heterocycles. The van der Waals surface area contributed by atoms with Gasteiger partial charge in [-0.2, -0.15) is 13.2 Å². The zero-order chi connectivity index (χ0) is 19.1. The molecule has 0 unspecified atom stereocenters. The van der Waals surface area contributed by atoms with Gasteiger partial charge in [0.2, 0.25) is 5.88 Å². The van der Waals surface area contributed by atoms with E-state index in [0.717, 1.165) is 17.9 Å². The van der Waals surface area contributed by atoms with E-state index < -0.39 is 17.6 Å². The minimum atomic E-state index is -4.56. The maximum atomic E-state index is 13.7. The fourth-order valence-corrected chi connectivity index (χ4v) is 4.31. The van der Waals surface area contributed by atoms with Gasteiger partial charge in [-0.1, -0.05) is 0 Å². The average Bonchev–Trinajstić information content (AvgIpc) is 2.96. The maximum Gasteiger partial charge on any atom is 0.418 e. The summed E-state index contributed by atoms with van der Waals surface area (Å²) >= 11 is 0.872. The Kier molecular flexibility index (Phi) is 5.12. The standard InChI is InChI=1S/C17H20F3N3O2S/c1-8-6-10(4-5-22-8)25-16-9(2)12(17(18,19)20)14-13(23-16)11(7-26-14)15(24)21-3/h7-8,10,22H,4-6H2,1-3H3,(H,21,24)/t8-,10-/m1/s1. The number of alkyl halides is 3. The molecule has 1 aliphatic rings. The van der Waals surface area contributed by atoms with Gasteiger partial charge < -0.3 is 15.4 Å². The molecule has 1 amide bonds. The molecular weight excluding hydrogens is 367 g/mol. The smallest absolute Gasteiger partial charge is 0.418 e. The summed E-state index contributed by atoms with van der Waals surface area (Å²) in [5.41, 5.74) is -0.660. The van der Waals surface area contributed by atoms with Crippen molar-refractivity contribution in [3.8, 4) is 5.88 Å². The predicted molar refractivity (Wildman–Crippen MR) is 93.9 cm³/mol. The Hall–Kier alpha value is -1.87. The normalized spacial score (nSPS) is 21.0. The third kappa shape index (κ3) is 3.50. The number of piperidine rings is 1. The van der Waals surface area contributed by atoms with Crippen LogP contribution in [0.25, 0.3) is 10.2 Å². The Balaban J connectivity index is 2.12. The Morgan fingerprint density at radius 1 is 1.46 bits per heavy atom. The lowest BCUT2D eigenvalue weighted by Gasteiger charge is -2.29. The molecule has 0 spiro atoms. The van der Waals surface area contributed by atoms with Crippen LogP contribution in [0, 0.1) is 6.92 Å². The van der Waals surface area contributed by atoms with Crippen molar-refractivity contribution in [2.75, 3.05) is 13.6 Å². The first-order valence-electron chi connectivity index (χ1n) is 8.33. The number of halogens is 3. The molecule has 1 aliphatic heterocycles. The number of nitrogens with zero attached hydrogens (tertiary/aromatic N) is 1. The first-order valence-corrected chi connectivity index (χ1v) is 9.21. The summed E-state index contributed by atoms with van der Waals surface area (Å²) in [6, 6.07) is 0.224. The molecule has 1 saturated heterocycles. The Morgan fingerprint density at radius 2 is 2.19 bits per heavy atom. The number of rotatable bonds is 3. The number of hydrogen-bond acceptors (Lipinski definition) is 5. The van der Waals surface area contributed by atoms with Gasteiger partial charge in [-0.3, -0.25) is 4.79 Å². The Morgan fingerprint density at radius 3 is 2.81 bits per heavy atom. The lowest BCUT2D eigenvalue weighted by Crippen LogP contribution is -2.40. The second-order valence-corrected chi connectivity index (χ2v) is 7.32. The number of hydrogen-bond donors (Lipinski definition) is 2. The topological polar surface area (TPSA) is 63.2 Å². The molecule has 0 bridgehead atoms. The molecular formula is C17H20F3N3O2S. The van der Waals surface area contributed by atoms with Crippen LogP contribution < -0.4 is 15.4 Å². The van der Waals surface area contributed by atoms with Crippen LogP contribution in [0.2, 0.25) is 0 Å². The van der Waals surface area contributed by atoms with Crippen molar-refractivity contribution in [3.05, 3.63) is 22.1 Å².